The van der Waals surface area contributed by atoms with Crippen LogP contribution in [0.5, 0.6) is 0 Å². The average molecular weight is 531 g/mol. The molecule has 2 saturated heterocycles. The number of anilines is 2. The summed E-state index contributed by atoms with van der Waals surface area (Å²) in [4.78, 5) is 40.1. The number of nitriles is 1. The molecule has 38 heavy (non-hydrogen) atoms. The maximum Gasteiger partial charge on any atom is 0.451 e. The average Bonchev–Trinajstić information content (AvgIpc) is 2.88. The normalized spacial score (nSPS) is 17.4. The molecule has 0 bridgehead atoms. The molecule has 12 heteroatoms. The van der Waals surface area contributed by atoms with Gasteiger partial charge in [0.05, 0.1) is 11.6 Å². The highest BCUT2D eigenvalue weighted by Gasteiger charge is 2.40. The molecule has 1 aromatic heterocycles. The summed E-state index contributed by atoms with van der Waals surface area (Å²) < 4.78 is 40.8. The van der Waals surface area contributed by atoms with Gasteiger partial charge in [-0.05, 0) is 49.3 Å². The van der Waals surface area contributed by atoms with Crippen LogP contribution in [0.3, 0.4) is 0 Å². The zero-order chi connectivity index (χ0) is 27.7. The van der Waals surface area contributed by atoms with Gasteiger partial charge in [-0.2, -0.15) is 28.0 Å². The number of nitrogens with zero attached hydrogens (tertiary/aromatic N) is 5. The topological polar surface area (TPSA) is 119 Å². The van der Waals surface area contributed by atoms with Crippen LogP contribution >= 0.6 is 0 Å². The van der Waals surface area contributed by atoms with Crippen LogP contribution in [-0.4, -0.2) is 54.2 Å². The van der Waals surface area contributed by atoms with Gasteiger partial charge in [-0.25, -0.2) is 9.97 Å². The molecule has 1 N–H and O–H groups in total. The van der Waals surface area contributed by atoms with Crippen molar-refractivity contribution in [2.75, 3.05) is 36.0 Å². The van der Waals surface area contributed by atoms with Gasteiger partial charge in [-0.3, -0.25) is 4.79 Å². The number of carbonyl (C=O) groups is 1. The first kappa shape index (κ1) is 28.6. The number of halogens is 3. The fraction of sp³-hybridized carbons (Fsp3) is 0.500. The SMILES string of the molecule is CCC1CCN(c2cc(N3CC[C@H]3C(=O)NCCc3ccc(C#N)cc3)nc(C(F)(F)F)n2)CC1.O=C=O. The molecule has 1 atom stereocenters. The summed E-state index contributed by atoms with van der Waals surface area (Å²) in [5.41, 5.74) is 1.55. The molecule has 4 rings (SSSR count). The van der Waals surface area contributed by atoms with Gasteiger partial charge in [0.25, 0.3) is 0 Å². The van der Waals surface area contributed by atoms with Gasteiger partial charge < -0.3 is 15.1 Å². The Morgan fingerprint density at radius 3 is 2.24 bits per heavy atom. The van der Waals surface area contributed by atoms with Crippen LogP contribution < -0.4 is 15.1 Å². The van der Waals surface area contributed by atoms with Gasteiger partial charge in [-0.1, -0.05) is 25.5 Å². The van der Waals surface area contributed by atoms with Gasteiger partial charge in [0.1, 0.15) is 17.7 Å². The monoisotopic (exact) mass is 530 g/mol. The van der Waals surface area contributed by atoms with E-state index in [2.05, 4.69) is 28.3 Å². The molecule has 0 aliphatic carbocycles. The Labute approximate surface area is 218 Å². The second-order valence-electron chi connectivity index (χ2n) is 9.18. The highest BCUT2D eigenvalue weighted by atomic mass is 19.4. The number of amides is 1. The Morgan fingerprint density at radius 1 is 1.08 bits per heavy atom. The summed E-state index contributed by atoms with van der Waals surface area (Å²) in [7, 11) is 0. The Bertz CT molecular complexity index is 1170. The summed E-state index contributed by atoms with van der Waals surface area (Å²) in [6, 6.07) is 10.2. The number of rotatable bonds is 7. The van der Waals surface area contributed by atoms with E-state index >= 15 is 0 Å². The summed E-state index contributed by atoms with van der Waals surface area (Å²) in [6.07, 6.45) is -0.377. The predicted octanol–water partition coefficient (Wildman–Crippen LogP) is 3.35. The van der Waals surface area contributed by atoms with Crippen molar-refractivity contribution < 1.29 is 27.6 Å². The number of aromatic nitrogens is 2. The Kier molecular flexibility index (Phi) is 9.79. The molecule has 0 saturated carbocycles. The predicted molar refractivity (Wildman–Crippen MR) is 131 cm³/mol. The van der Waals surface area contributed by atoms with E-state index in [4.69, 9.17) is 14.9 Å². The third-order valence-electron chi connectivity index (χ3n) is 6.88. The molecule has 2 aliphatic heterocycles. The van der Waals surface area contributed by atoms with E-state index in [1.54, 1.807) is 23.1 Å². The van der Waals surface area contributed by atoms with Gasteiger partial charge >= 0.3 is 12.3 Å². The van der Waals surface area contributed by atoms with Gasteiger partial charge in [0.15, 0.2) is 0 Å². The number of hydrogen-bond donors (Lipinski definition) is 1. The lowest BCUT2D eigenvalue weighted by Gasteiger charge is -2.41. The first-order valence-corrected chi connectivity index (χ1v) is 12.4. The zero-order valence-electron chi connectivity index (χ0n) is 21.0. The number of alkyl halides is 3. The summed E-state index contributed by atoms with van der Waals surface area (Å²) >= 11 is 0. The van der Waals surface area contributed by atoms with Crippen LogP contribution in [0.2, 0.25) is 0 Å². The molecule has 3 heterocycles. The van der Waals surface area contributed by atoms with Crippen molar-refractivity contribution in [3.8, 4) is 6.07 Å². The van der Waals surface area contributed by atoms with Crippen molar-refractivity contribution in [3.63, 3.8) is 0 Å². The molecule has 1 aromatic carbocycles. The number of piperidine rings is 1. The van der Waals surface area contributed by atoms with Gasteiger partial charge in [0, 0.05) is 32.2 Å². The van der Waals surface area contributed by atoms with E-state index in [0.29, 0.717) is 50.5 Å². The number of nitrogens with one attached hydrogen (secondary N) is 1. The number of hydrogen-bond acceptors (Lipinski definition) is 8. The van der Waals surface area contributed by atoms with Crippen molar-refractivity contribution in [1.29, 1.82) is 5.26 Å². The molecule has 2 aliphatic rings. The molecular weight excluding hydrogens is 501 g/mol. The number of carbonyl (C=O) groups excluding carboxylic acids is 3. The lowest BCUT2D eigenvalue weighted by molar-refractivity contribution is -0.191. The molecule has 2 fully saturated rings. The summed E-state index contributed by atoms with van der Waals surface area (Å²) in [5.74, 6) is -0.415. The van der Waals surface area contributed by atoms with Crippen LogP contribution in [0.25, 0.3) is 0 Å². The van der Waals surface area contributed by atoms with Crippen molar-refractivity contribution in [1.82, 2.24) is 15.3 Å². The fourth-order valence-corrected chi connectivity index (χ4v) is 4.56. The second kappa shape index (κ2) is 13.0. The first-order valence-electron chi connectivity index (χ1n) is 12.4. The lowest BCUT2D eigenvalue weighted by atomic mass is 9.94. The quantitative estimate of drug-likeness (QED) is 0.579. The minimum atomic E-state index is -4.67. The molecular formula is C26H29F3N6O3. The minimum Gasteiger partial charge on any atom is -0.356 e. The molecule has 0 radical (unpaired) electrons. The van der Waals surface area contributed by atoms with Crippen LogP contribution in [-0.2, 0) is 27.0 Å². The molecule has 1 amide bonds. The maximum absolute atomic E-state index is 13.6. The zero-order valence-corrected chi connectivity index (χ0v) is 21.0. The highest BCUT2D eigenvalue weighted by Crippen LogP contribution is 2.34. The first-order chi connectivity index (χ1) is 18.2. The van der Waals surface area contributed by atoms with Crippen molar-refractivity contribution in [3.05, 3.63) is 47.3 Å². The third kappa shape index (κ3) is 7.29. The summed E-state index contributed by atoms with van der Waals surface area (Å²) in [5, 5.41) is 11.8. The lowest BCUT2D eigenvalue weighted by Crippen LogP contribution is -2.57. The fourth-order valence-electron chi connectivity index (χ4n) is 4.56. The van der Waals surface area contributed by atoms with Crippen molar-refractivity contribution >= 4 is 23.7 Å². The van der Waals surface area contributed by atoms with E-state index in [1.165, 1.54) is 0 Å². The Morgan fingerprint density at radius 2 is 1.71 bits per heavy atom. The van der Waals surface area contributed by atoms with Crippen LogP contribution in [0, 0.1) is 17.2 Å². The second-order valence-corrected chi connectivity index (χ2v) is 9.18. The third-order valence-corrected chi connectivity index (χ3v) is 6.88. The van der Waals surface area contributed by atoms with Crippen LogP contribution in [0.4, 0.5) is 24.8 Å². The smallest absolute Gasteiger partial charge is 0.356 e. The van der Waals surface area contributed by atoms with Crippen LogP contribution in [0.15, 0.2) is 30.3 Å². The number of benzene rings is 1. The maximum atomic E-state index is 13.6. The molecule has 9 nitrogen and oxygen atoms in total. The van der Waals surface area contributed by atoms with Crippen LogP contribution in [0.1, 0.15) is 49.6 Å². The van der Waals surface area contributed by atoms with Gasteiger partial charge in [0.2, 0.25) is 11.7 Å². The van der Waals surface area contributed by atoms with Crippen molar-refractivity contribution in [2.24, 2.45) is 5.92 Å². The molecule has 2 aromatic rings. The van der Waals surface area contributed by atoms with E-state index in [1.807, 2.05) is 17.0 Å². The highest BCUT2D eigenvalue weighted by molar-refractivity contribution is 5.86. The summed E-state index contributed by atoms with van der Waals surface area (Å²) in [6.45, 7) is 4.30. The minimum absolute atomic E-state index is 0.137. The van der Waals surface area contributed by atoms with Gasteiger partial charge in [-0.15, -0.1) is 0 Å². The van der Waals surface area contributed by atoms with E-state index in [0.717, 1.165) is 24.8 Å². The van der Waals surface area contributed by atoms with E-state index in [-0.39, 0.29) is 23.7 Å². The molecule has 0 unspecified atom stereocenters. The van der Waals surface area contributed by atoms with Crippen molar-refractivity contribution in [2.45, 2.75) is 51.2 Å². The molecule has 0 spiro atoms. The largest absolute Gasteiger partial charge is 0.451 e. The van der Waals surface area contributed by atoms with E-state index < -0.39 is 18.0 Å². The van der Waals surface area contributed by atoms with E-state index in [9.17, 15) is 18.0 Å². The standard InChI is InChI=1S/C25H29F3N6O.CO2/c1-2-17-8-12-33(13-9-17)21-15-22(32-24(31-21)25(26,27)28)34-14-10-20(34)23(35)30-11-7-18-3-5-19(16-29)6-4-18;2-1-3/h3-6,15,17,20H,2,7-14H2,1H3,(H,30,35);/t20-;/m0./s1. The Hall–Kier alpha value is -3.97. The Balaban J connectivity index is 0.00000127. The molecule has 202 valence electrons.